The van der Waals surface area contributed by atoms with E-state index in [0.29, 0.717) is 25.5 Å². The minimum Gasteiger partial charge on any atom is -0.496 e. The first-order valence-corrected chi connectivity index (χ1v) is 9.44. The highest BCUT2D eigenvalue weighted by Crippen LogP contribution is 2.20. The van der Waals surface area contributed by atoms with Gasteiger partial charge in [0.05, 0.1) is 12.8 Å². The quantitative estimate of drug-likeness (QED) is 0.203. The first kappa shape index (κ1) is 26.5. The summed E-state index contributed by atoms with van der Waals surface area (Å²) in [5.74, 6) is -3.87. The van der Waals surface area contributed by atoms with Gasteiger partial charge in [0.2, 0.25) is 5.91 Å². The highest BCUT2D eigenvalue weighted by atomic mass is 127. The molecular formula is C21H26F3IN4O2. The number of nitrogens with one attached hydrogen (secondary N) is 3. The molecular weight excluding hydrogens is 524 g/mol. The van der Waals surface area contributed by atoms with Gasteiger partial charge >= 0.3 is 0 Å². The van der Waals surface area contributed by atoms with Crippen LogP contribution in [0.1, 0.15) is 18.1 Å². The number of guanidine groups is 1. The Labute approximate surface area is 196 Å². The van der Waals surface area contributed by atoms with Crippen LogP contribution in [0, 0.1) is 24.4 Å². The summed E-state index contributed by atoms with van der Waals surface area (Å²) in [6, 6.07) is 7.64. The summed E-state index contributed by atoms with van der Waals surface area (Å²) in [5.41, 5.74) is 1.68. The topological polar surface area (TPSA) is 74.8 Å². The van der Waals surface area contributed by atoms with Gasteiger partial charge in [-0.25, -0.2) is 18.2 Å². The molecule has 10 heteroatoms. The lowest BCUT2D eigenvalue weighted by atomic mass is 10.1. The van der Waals surface area contributed by atoms with Crippen molar-refractivity contribution in [2.75, 3.05) is 32.1 Å². The van der Waals surface area contributed by atoms with Crippen LogP contribution in [0.25, 0.3) is 0 Å². The van der Waals surface area contributed by atoms with Gasteiger partial charge in [-0.15, -0.1) is 24.0 Å². The maximum Gasteiger partial charge on any atom is 0.246 e. The lowest BCUT2D eigenvalue weighted by Crippen LogP contribution is -2.39. The van der Waals surface area contributed by atoms with Gasteiger partial charge in [-0.1, -0.05) is 12.1 Å². The van der Waals surface area contributed by atoms with Gasteiger partial charge in [0.25, 0.3) is 0 Å². The van der Waals surface area contributed by atoms with Crippen LogP contribution in [0.15, 0.2) is 35.3 Å². The monoisotopic (exact) mass is 550 g/mol. The van der Waals surface area contributed by atoms with Crippen LogP contribution in [0.4, 0.5) is 18.9 Å². The zero-order valence-electron chi connectivity index (χ0n) is 17.5. The molecule has 0 unspecified atom stereocenters. The van der Waals surface area contributed by atoms with Crippen LogP contribution in [-0.4, -0.2) is 38.6 Å². The second kappa shape index (κ2) is 13.0. The van der Waals surface area contributed by atoms with Gasteiger partial charge < -0.3 is 20.7 Å². The molecule has 6 nitrogen and oxygen atoms in total. The Kier molecular flexibility index (Phi) is 11.2. The van der Waals surface area contributed by atoms with E-state index >= 15 is 0 Å². The molecule has 1 amide bonds. The number of amides is 1. The molecule has 3 N–H and O–H groups in total. The number of methoxy groups -OCH3 is 1. The van der Waals surface area contributed by atoms with E-state index < -0.39 is 29.0 Å². The Bertz CT molecular complexity index is 926. The molecule has 0 atom stereocenters. The predicted octanol–water partition coefficient (Wildman–Crippen LogP) is 3.78. The number of carbonyl (C=O) groups excluding carboxylic acids is 1. The molecule has 0 radical (unpaired) electrons. The van der Waals surface area contributed by atoms with Gasteiger partial charge in [0, 0.05) is 13.1 Å². The molecule has 2 rings (SSSR count). The SMILES string of the molecule is CCNC(=NCC(=O)Nc1ccc(F)c(F)c1F)NCCc1ccc(C)c(OC)c1.I. The molecule has 0 bridgehead atoms. The maximum absolute atomic E-state index is 13.7. The van der Waals surface area contributed by atoms with Gasteiger partial charge in [-0.2, -0.15) is 0 Å². The van der Waals surface area contributed by atoms with Crippen molar-refractivity contribution < 1.29 is 22.7 Å². The van der Waals surface area contributed by atoms with Gasteiger partial charge in [-0.3, -0.25) is 4.79 Å². The van der Waals surface area contributed by atoms with E-state index in [9.17, 15) is 18.0 Å². The van der Waals surface area contributed by atoms with Gasteiger partial charge in [0.15, 0.2) is 23.4 Å². The predicted molar refractivity (Wildman–Crippen MR) is 126 cm³/mol. The van der Waals surface area contributed by atoms with Crippen molar-refractivity contribution in [3.8, 4) is 5.75 Å². The fraction of sp³-hybridized carbons (Fsp3) is 0.333. The highest BCUT2D eigenvalue weighted by molar-refractivity contribution is 14.0. The standard InChI is InChI=1S/C21H25F3N4O2.HI/c1-4-25-21(26-10-9-14-6-5-13(2)17(11-14)30-3)27-12-18(29)28-16-8-7-15(22)19(23)20(16)24;/h5-8,11H,4,9-10,12H2,1-3H3,(H,28,29)(H2,25,26,27);1H. The number of ether oxygens (including phenoxy) is 1. The number of anilines is 1. The minimum atomic E-state index is -1.64. The summed E-state index contributed by atoms with van der Waals surface area (Å²) in [4.78, 5) is 16.1. The van der Waals surface area contributed by atoms with Gasteiger partial charge in [0.1, 0.15) is 12.3 Å². The first-order chi connectivity index (χ1) is 14.3. The number of aliphatic imine (C=N–C) groups is 1. The first-order valence-electron chi connectivity index (χ1n) is 9.44. The molecule has 0 aliphatic carbocycles. The third-order valence-corrected chi connectivity index (χ3v) is 4.21. The maximum atomic E-state index is 13.7. The van der Waals surface area contributed by atoms with Crippen molar-refractivity contribution in [3.63, 3.8) is 0 Å². The number of carbonyl (C=O) groups is 1. The van der Waals surface area contributed by atoms with Crippen LogP contribution >= 0.6 is 24.0 Å². The van der Waals surface area contributed by atoms with Gasteiger partial charge in [-0.05, 0) is 49.6 Å². The molecule has 0 saturated carbocycles. The lowest BCUT2D eigenvalue weighted by Gasteiger charge is -2.12. The second-order valence-corrected chi connectivity index (χ2v) is 6.45. The average molecular weight is 550 g/mol. The Morgan fingerprint density at radius 3 is 2.52 bits per heavy atom. The number of aryl methyl sites for hydroxylation is 1. The Balaban J connectivity index is 0.00000480. The molecule has 31 heavy (non-hydrogen) atoms. The van der Waals surface area contributed by atoms with Crippen LogP contribution in [0.5, 0.6) is 5.75 Å². The van der Waals surface area contributed by atoms with Crippen LogP contribution in [0.3, 0.4) is 0 Å². The Hall–Kier alpha value is -2.50. The molecule has 170 valence electrons. The largest absolute Gasteiger partial charge is 0.496 e. The normalized spacial score (nSPS) is 10.8. The van der Waals surface area contributed by atoms with Crippen molar-refractivity contribution in [1.82, 2.24) is 10.6 Å². The van der Waals surface area contributed by atoms with Crippen molar-refractivity contribution >= 4 is 41.5 Å². The summed E-state index contributed by atoms with van der Waals surface area (Å²) in [7, 11) is 1.62. The van der Waals surface area contributed by atoms with E-state index in [1.54, 1.807) is 7.11 Å². The summed E-state index contributed by atoms with van der Waals surface area (Å²) >= 11 is 0. The fourth-order valence-electron chi connectivity index (χ4n) is 2.65. The molecule has 0 fully saturated rings. The molecule has 0 aliphatic rings. The summed E-state index contributed by atoms with van der Waals surface area (Å²) < 4.78 is 45.2. The van der Waals surface area contributed by atoms with Crippen LogP contribution in [-0.2, 0) is 11.2 Å². The third-order valence-electron chi connectivity index (χ3n) is 4.21. The smallest absolute Gasteiger partial charge is 0.246 e. The molecule has 2 aromatic carbocycles. The van der Waals surface area contributed by atoms with Crippen molar-refractivity contribution in [1.29, 1.82) is 0 Å². The fourth-order valence-corrected chi connectivity index (χ4v) is 2.65. The van der Waals surface area contributed by atoms with E-state index in [0.717, 1.165) is 29.0 Å². The summed E-state index contributed by atoms with van der Waals surface area (Å²) in [6.45, 7) is 4.64. The van der Waals surface area contributed by atoms with Crippen LogP contribution < -0.4 is 20.7 Å². The Morgan fingerprint density at radius 1 is 1.10 bits per heavy atom. The zero-order valence-corrected chi connectivity index (χ0v) is 19.9. The molecule has 0 saturated heterocycles. The summed E-state index contributed by atoms with van der Waals surface area (Å²) in [5, 5.41) is 8.28. The number of hydrogen-bond acceptors (Lipinski definition) is 3. The summed E-state index contributed by atoms with van der Waals surface area (Å²) in [6.07, 6.45) is 0.702. The molecule has 0 heterocycles. The Morgan fingerprint density at radius 2 is 1.84 bits per heavy atom. The molecule has 0 aromatic heterocycles. The van der Waals surface area contributed by atoms with Crippen molar-refractivity contribution in [3.05, 3.63) is 58.9 Å². The van der Waals surface area contributed by atoms with Crippen molar-refractivity contribution in [2.45, 2.75) is 20.3 Å². The number of hydrogen-bond donors (Lipinski definition) is 3. The molecule has 2 aromatic rings. The van der Waals surface area contributed by atoms with E-state index in [1.807, 2.05) is 32.0 Å². The second-order valence-electron chi connectivity index (χ2n) is 6.45. The number of halogens is 4. The van der Waals surface area contributed by atoms with E-state index in [-0.39, 0.29) is 30.5 Å². The molecule has 0 spiro atoms. The lowest BCUT2D eigenvalue weighted by molar-refractivity contribution is -0.114. The average Bonchev–Trinajstić information content (AvgIpc) is 2.73. The zero-order chi connectivity index (χ0) is 22.1. The molecule has 0 aliphatic heterocycles. The highest BCUT2D eigenvalue weighted by Gasteiger charge is 2.15. The van der Waals surface area contributed by atoms with E-state index in [2.05, 4.69) is 20.9 Å². The van der Waals surface area contributed by atoms with Crippen LogP contribution in [0.2, 0.25) is 0 Å². The number of benzene rings is 2. The third kappa shape index (κ3) is 7.93. The van der Waals surface area contributed by atoms with E-state index in [4.69, 9.17) is 4.74 Å². The minimum absolute atomic E-state index is 0. The van der Waals surface area contributed by atoms with Crippen molar-refractivity contribution in [2.24, 2.45) is 4.99 Å². The number of rotatable bonds is 8. The van der Waals surface area contributed by atoms with E-state index in [1.165, 1.54) is 0 Å². The number of nitrogens with zero attached hydrogens (tertiary/aromatic N) is 1.